The maximum Gasteiger partial charge on any atom is 0.338 e. The molecule has 0 bridgehead atoms. The molecule has 3 aromatic rings. The molecule has 0 saturated carbocycles. The Balaban J connectivity index is 1.43. The minimum absolute atomic E-state index is 0.131. The Labute approximate surface area is 243 Å². The van der Waals surface area contributed by atoms with Gasteiger partial charge in [0, 0.05) is 0 Å². The number of nitrogens with zero attached hydrogens (tertiary/aromatic N) is 4. The number of amides is 8. The molecule has 0 unspecified atom stereocenters. The molecule has 10 heteroatoms. The lowest BCUT2D eigenvalue weighted by molar-refractivity contribution is -0.149. The van der Waals surface area contributed by atoms with Gasteiger partial charge in [0.1, 0.15) is 10.8 Å². The summed E-state index contributed by atoms with van der Waals surface area (Å²) >= 11 is 0. The zero-order valence-electron chi connectivity index (χ0n) is 23.7. The van der Waals surface area contributed by atoms with Crippen LogP contribution in [-0.2, 0) is 32.3 Å². The summed E-state index contributed by atoms with van der Waals surface area (Å²) < 4.78 is 0. The van der Waals surface area contributed by atoms with E-state index in [-0.39, 0.29) is 13.1 Å². The van der Waals surface area contributed by atoms with Gasteiger partial charge < -0.3 is 0 Å². The summed E-state index contributed by atoms with van der Waals surface area (Å²) in [5, 5.41) is 0. The fraction of sp³-hybridized carbons (Fsp3) is 0.250. The third-order valence-corrected chi connectivity index (χ3v) is 7.58. The molecule has 2 aliphatic heterocycles. The van der Waals surface area contributed by atoms with Crippen LogP contribution in [-0.4, -0.2) is 45.5 Å². The molecule has 42 heavy (non-hydrogen) atoms. The topological polar surface area (TPSA) is 115 Å². The van der Waals surface area contributed by atoms with Gasteiger partial charge in [-0.15, -0.1) is 0 Å². The van der Waals surface area contributed by atoms with Crippen LogP contribution >= 0.6 is 0 Å². The van der Waals surface area contributed by atoms with Crippen LogP contribution in [0.5, 0.6) is 0 Å². The van der Waals surface area contributed by atoms with E-state index in [1.165, 1.54) is 27.7 Å². The minimum Gasteiger partial charge on any atom is -0.273 e. The molecule has 2 saturated heterocycles. The predicted molar refractivity (Wildman–Crippen MR) is 154 cm³/mol. The van der Waals surface area contributed by atoms with E-state index in [4.69, 9.17) is 0 Å². The van der Waals surface area contributed by atoms with E-state index in [1.54, 1.807) is 84.9 Å². The Morgan fingerprint density at radius 1 is 0.476 bits per heavy atom. The van der Waals surface area contributed by atoms with E-state index in [0.717, 1.165) is 19.6 Å². The van der Waals surface area contributed by atoms with Gasteiger partial charge in [0.15, 0.2) is 0 Å². The molecule has 2 aliphatic rings. The van der Waals surface area contributed by atoms with E-state index in [9.17, 15) is 28.8 Å². The Morgan fingerprint density at radius 2 is 0.833 bits per heavy atom. The maximum absolute atomic E-state index is 13.5. The summed E-state index contributed by atoms with van der Waals surface area (Å²) in [6.07, 6.45) is 0. The number of hydrogen-bond acceptors (Lipinski definition) is 6. The van der Waals surface area contributed by atoms with E-state index in [2.05, 4.69) is 0 Å². The number of carbonyl (C=O) groups excluding carboxylic acids is 6. The molecule has 0 N–H and O–H groups in total. The monoisotopic (exact) mass is 566 g/mol. The van der Waals surface area contributed by atoms with Gasteiger partial charge in [-0.1, -0.05) is 60.7 Å². The second-order valence-corrected chi connectivity index (χ2v) is 11.4. The number of barbiturate groups is 2. The highest BCUT2D eigenvalue weighted by atomic mass is 16.2. The molecule has 8 amide bonds. The van der Waals surface area contributed by atoms with Crippen LogP contribution in [0.2, 0.25) is 0 Å². The first-order chi connectivity index (χ1) is 19.9. The zero-order chi connectivity index (χ0) is 30.4. The highest BCUT2D eigenvalue weighted by Gasteiger charge is 2.53. The summed E-state index contributed by atoms with van der Waals surface area (Å²) in [5.41, 5.74) is -1.14. The first kappa shape index (κ1) is 28.4. The molecule has 2 heterocycles. The van der Waals surface area contributed by atoms with Crippen molar-refractivity contribution in [2.45, 2.75) is 40.8 Å². The molecule has 3 aromatic carbocycles. The molecule has 214 valence electrons. The van der Waals surface area contributed by atoms with Crippen molar-refractivity contribution in [1.29, 1.82) is 0 Å². The number of imide groups is 4. The van der Waals surface area contributed by atoms with Gasteiger partial charge in [-0.3, -0.25) is 29.0 Å². The lowest BCUT2D eigenvalue weighted by Gasteiger charge is -2.41. The molecule has 0 aliphatic carbocycles. The van der Waals surface area contributed by atoms with Crippen molar-refractivity contribution >= 4 is 47.1 Å². The molecule has 0 atom stereocenters. The molecule has 10 nitrogen and oxygen atoms in total. The van der Waals surface area contributed by atoms with Gasteiger partial charge in [-0.05, 0) is 63.1 Å². The van der Waals surface area contributed by atoms with Crippen molar-refractivity contribution in [1.82, 2.24) is 9.80 Å². The van der Waals surface area contributed by atoms with Crippen molar-refractivity contribution in [3.63, 3.8) is 0 Å². The Bertz CT molecular complexity index is 1500. The molecule has 0 radical (unpaired) electrons. The summed E-state index contributed by atoms with van der Waals surface area (Å²) in [6.45, 7) is 5.68. The lowest BCUT2D eigenvalue weighted by Crippen LogP contribution is -2.63. The Hall–Kier alpha value is -5.12. The molecular formula is C32H30N4O6. The van der Waals surface area contributed by atoms with Gasteiger partial charge in [-0.2, -0.15) is 0 Å². The number of hydrogen-bond donors (Lipinski definition) is 0. The Morgan fingerprint density at radius 3 is 1.19 bits per heavy atom. The van der Waals surface area contributed by atoms with Crippen LogP contribution in [0.25, 0.3) is 0 Å². The largest absolute Gasteiger partial charge is 0.338 e. The van der Waals surface area contributed by atoms with Crippen molar-refractivity contribution in [3.8, 4) is 0 Å². The molecule has 2 fully saturated rings. The van der Waals surface area contributed by atoms with E-state index in [0.29, 0.717) is 22.5 Å². The van der Waals surface area contributed by atoms with Crippen molar-refractivity contribution in [2.75, 3.05) is 9.80 Å². The summed E-state index contributed by atoms with van der Waals surface area (Å²) in [7, 11) is 0. The number of urea groups is 2. The fourth-order valence-electron chi connectivity index (χ4n) is 5.09. The number of rotatable bonds is 6. The normalized spacial score (nSPS) is 18.7. The minimum atomic E-state index is -1.48. The second kappa shape index (κ2) is 10.4. The zero-order valence-corrected chi connectivity index (χ0v) is 23.7. The van der Waals surface area contributed by atoms with Crippen molar-refractivity contribution < 1.29 is 28.8 Å². The molecule has 5 rings (SSSR count). The first-order valence-corrected chi connectivity index (χ1v) is 13.4. The SMILES string of the molecule is CC1(C)C(=O)N(Cc2cccc(CN3C(=O)N(c4ccccc4)C(=O)C(C)(C)C3=O)c2)C(=O)N(c2ccccc2)C1=O. The van der Waals surface area contributed by atoms with E-state index < -0.39 is 46.5 Å². The van der Waals surface area contributed by atoms with Crippen LogP contribution in [0.1, 0.15) is 38.8 Å². The highest BCUT2D eigenvalue weighted by molar-refractivity contribution is 6.30. The Kier molecular flexibility index (Phi) is 7.01. The van der Waals surface area contributed by atoms with Gasteiger partial charge in [0.25, 0.3) is 0 Å². The third kappa shape index (κ3) is 4.64. The quantitative estimate of drug-likeness (QED) is 0.399. The maximum atomic E-state index is 13.5. The van der Waals surface area contributed by atoms with Crippen molar-refractivity contribution in [2.24, 2.45) is 10.8 Å². The van der Waals surface area contributed by atoms with Crippen LogP contribution in [0.4, 0.5) is 21.0 Å². The molecule has 0 aromatic heterocycles. The molecule has 0 spiro atoms. The van der Waals surface area contributed by atoms with Gasteiger partial charge >= 0.3 is 12.1 Å². The van der Waals surface area contributed by atoms with Crippen LogP contribution in [0.3, 0.4) is 0 Å². The molecular weight excluding hydrogens is 536 g/mol. The van der Waals surface area contributed by atoms with Crippen LogP contribution < -0.4 is 9.80 Å². The summed E-state index contributed by atoms with van der Waals surface area (Å²) in [5.74, 6) is -2.49. The van der Waals surface area contributed by atoms with Crippen LogP contribution in [0, 0.1) is 10.8 Å². The van der Waals surface area contributed by atoms with Gasteiger partial charge in [-0.25, -0.2) is 19.4 Å². The number of carbonyl (C=O) groups is 6. The van der Waals surface area contributed by atoms with E-state index in [1.807, 2.05) is 0 Å². The number of anilines is 2. The number of benzene rings is 3. The smallest absolute Gasteiger partial charge is 0.273 e. The number of para-hydroxylation sites is 2. The van der Waals surface area contributed by atoms with E-state index >= 15 is 0 Å². The third-order valence-electron chi connectivity index (χ3n) is 7.58. The van der Waals surface area contributed by atoms with Gasteiger partial charge in [0.05, 0.1) is 24.5 Å². The van der Waals surface area contributed by atoms with Crippen molar-refractivity contribution in [3.05, 3.63) is 96.1 Å². The predicted octanol–water partition coefficient (Wildman–Crippen LogP) is 4.73. The van der Waals surface area contributed by atoms with Gasteiger partial charge in [0.2, 0.25) is 23.6 Å². The standard InChI is InChI=1S/C32H30N4O6/c1-31(2)25(37)33(29(41)35(27(31)39)23-14-7-5-8-15-23)19-21-12-11-13-22(18-21)20-34-26(38)32(3,4)28(40)36(30(34)42)24-16-9-6-10-17-24/h5-18H,19-20H2,1-4H3. The fourth-order valence-corrected chi connectivity index (χ4v) is 5.09. The second-order valence-electron chi connectivity index (χ2n) is 11.4. The summed E-state index contributed by atoms with van der Waals surface area (Å²) in [4.78, 5) is 84.0. The average molecular weight is 567 g/mol. The first-order valence-electron chi connectivity index (χ1n) is 13.4. The average Bonchev–Trinajstić information content (AvgIpc) is 2.98. The highest BCUT2D eigenvalue weighted by Crippen LogP contribution is 2.35. The van der Waals surface area contributed by atoms with Crippen LogP contribution in [0.15, 0.2) is 84.9 Å². The summed E-state index contributed by atoms with van der Waals surface area (Å²) in [6, 6.07) is 22.1. The lowest BCUT2D eigenvalue weighted by atomic mass is 9.87.